The van der Waals surface area contributed by atoms with Gasteiger partial charge in [-0.3, -0.25) is 0 Å². The minimum Gasteiger partial charge on any atom is -0.499 e. The maximum Gasteiger partial charge on any atom is 0.416 e. The Hall–Kier alpha value is -3.20. The Morgan fingerprint density at radius 2 is 1.16 bits per heavy atom. The molecular formula is C30H40F3NO9. The molecule has 13 heteroatoms. The summed E-state index contributed by atoms with van der Waals surface area (Å²) in [5.41, 5.74) is -0.0798. The lowest BCUT2D eigenvalue weighted by Crippen LogP contribution is -2.15. The Labute approximate surface area is 249 Å². The largest absolute Gasteiger partial charge is 0.499 e. The summed E-state index contributed by atoms with van der Waals surface area (Å²) < 4.78 is 81.5. The van der Waals surface area contributed by atoms with Crippen molar-refractivity contribution in [3.05, 3.63) is 72.5 Å². The van der Waals surface area contributed by atoms with Crippen LogP contribution < -0.4 is 5.32 Å². The van der Waals surface area contributed by atoms with Crippen LogP contribution in [0.25, 0.3) is 0 Å². The lowest BCUT2D eigenvalue weighted by Gasteiger charge is -2.13. The fourth-order valence-electron chi connectivity index (χ4n) is 3.36. The van der Waals surface area contributed by atoms with Crippen LogP contribution in [0.3, 0.4) is 0 Å². The first kappa shape index (κ1) is 36.0. The first-order valence-corrected chi connectivity index (χ1v) is 13.8. The summed E-state index contributed by atoms with van der Waals surface area (Å²) in [5, 5.41) is 2.85. The molecule has 0 unspecified atom stereocenters. The van der Waals surface area contributed by atoms with E-state index in [0.717, 1.165) is 12.1 Å². The summed E-state index contributed by atoms with van der Waals surface area (Å²) in [5.74, 6) is -0.625. The van der Waals surface area contributed by atoms with Crippen molar-refractivity contribution in [1.29, 1.82) is 0 Å². The second-order valence-electron chi connectivity index (χ2n) is 8.60. The van der Waals surface area contributed by atoms with E-state index in [9.17, 15) is 18.0 Å². The van der Waals surface area contributed by atoms with E-state index in [4.69, 9.17) is 37.9 Å². The number of carbonyl (C=O) groups is 1. The van der Waals surface area contributed by atoms with E-state index in [1.165, 1.54) is 24.5 Å². The molecule has 0 aliphatic heterocycles. The topological polar surface area (TPSA) is 103 Å². The number of ether oxygens (including phenoxy) is 8. The van der Waals surface area contributed by atoms with Crippen molar-refractivity contribution in [3.8, 4) is 0 Å². The van der Waals surface area contributed by atoms with Crippen LogP contribution in [-0.2, 0) is 44.1 Å². The minimum absolute atomic E-state index is 0.00415. The van der Waals surface area contributed by atoms with E-state index in [2.05, 4.69) is 11.9 Å². The zero-order chi connectivity index (χ0) is 31.0. The summed E-state index contributed by atoms with van der Waals surface area (Å²) >= 11 is 0. The molecule has 10 nitrogen and oxygen atoms in total. The van der Waals surface area contributed by atoms with Crippen LogP contribution >= 0.6 is 0 Å². The first-order valence-electron chi connectivity index (χ1n) is 13.8. The van der Waals surface area contributed by atoms with Crippen molar-refractivity contribution in [2.45, 2.75) is 6.18 Å². The highest BCUT2D eigenvalue weighted by Gasteiger charge is 2.30. The number of para-hydroxylation sites is 1. The number of benzene rings is 2. The van der Waals surface area contributed by atoms with E-state index in [-0.39, 0.29) is 24.5 Å². The van der Waals surface area contributed by atoms with Crippen molar-refractivity contribution in [1.82, 2.24) is 0 Å². The molecule has 0 saturated carbocycles. The highest BCUT2D eigenvalue weighted by Crippen LogP contribution is 2.32. The molecule has 2 aromatic rings. The zero-order valence-electron chi connectivity index (χ0n) is 24.1. The molecular weight excluding hydrogens is 575 g/mol. The molecule has 2 aromatic carbocycles. The molecule has 0 aromatic heterocycles. The molecule has 0 saturated heterocycles. The van der Waals surface area contributed by atoms with E-state index in [0.29, 0.717) is 85.0 Å². The third-order valence-corrected chi connectivity index (χ3v) is 5.40. The van der Waals surface area contributed by atoms with Crippen LogP contribution in [0, 0.1) is 0 Å². The monoisotopic (exact) mass is 615 g/mol. The van der Waals surface area contributed by atoms with E-state index in [1.807, 2.05) is 0 Å². The van der Waals surface area contributed by atoms with Crippen LogP contribution in [0.2, 0.25) is 0 Å². The number of hydrogen-bond donors (Lipinski definition) is 1. The number of halogens is 3. The summed E-state index contributed by atoms with van der Waals surface area (Å²) in [6.45, 7) is 8.86. The fraction of sp³-hybridized carbons (Fsp3) is 0.500. The number of esters is 1. The van der Waals surface area contributed by atoms with Gasteiger partial charge in [-0.2, -0.15) is 13.2 Å². The van der Waals surface area contributed by atoms with Crippen LogP contribution in [-0.4, -0.2) is 98.5 Å². The predicted molar refractivity (Wildman–Crippen MR) is 153 cm³/mol. The van der Waals surface area contributed by atoms with Gasteiger partial charge in [0.1, 0.15) is 13.2 Å². The van der Waals surface area contributed by atoms with Gasteiger partial charge in [-0.1, -0.05) is 24.8 Å². The van der Waals surface area contributed by atoms with Gasteiger partial charge in [0.2, 0.25) is 0 Å². The number of anilines is 2. The van der Waals surface area contributed by atoms with Gasteiger partial charge in [-0.05, 0) is 30.3 Å². The molecule has 0 aliphatic rings. The number of carbonyl (C=O) groups excluding carboxylic acids is 1. The quantitative estimate of drug-likeness (QED) is 0.0946. The van der Waals surface area contributed by atoms with Gasteiger partial charge in [0.15, 0.2) is 0 Å². The van der Waals surface area contributed by atoms with Crippen LogP contribution in [0.15, 0.2) is 61.4 Å². The number of hydrogen-bond acceptors (Lipinski definition) is 10. The van der Waals surface area contributed by atoms with Gasteiger partial charge in [-0.25, -0.2) is 4.79 Å². The first-order chi connectivity index (χ1) is 20.9. The van der Waals surface area contributed by atoms with E-state index in [1.54, 1.807) is 18.2 Å². The number of nitrogens with one attached hydrogen (secondary N) is 1. The van der Waals surface area contributed by atoms with Crippen molar-refractivity contribution >= 4 is 17.3 Å². The molecule has 0 aliphatic carbocycles. The molecule has 0 amide bonds. The minimum atomic E-state index is -4.47. The van der Waals surface area contributed by atoms with Gasteiger partial charge in [-0.15, -0.1) is 0 Å². The standard InChI is InChI=1S/C30H40F3NO9/c1-2-36-10-11-37-12-13-38-14-15-39-16-17-40-18-19-41-20-21-42-22-23-43-29(35)27-8-3-4-9-28(27)34-26-7-5-6-25(24-26)30(31,32)33/h2-9,24,34H,1,10-23H2. The Morgan fingerprint density at radius 3 is 1.67 bits per heavy atom. The molecule has 43 heavy (non-hydrogen) atoms. The average Bonchev–Trinajstić information content (AvgIpc) is 2.99. The Bertz CT molecular complexity index is 1040. The van der Waals surface area contributed by atoms with Crippen LogP contribution in [0.1, 0.15) is 15.9 Å². The normalized spacial score (nSPS) is 11.3. The van der Waals surface area contributed by atoms with E-state index < -0.39 is 17.7 Å². The summed E-state index contributed by atoms with van der Waals surface area (Å²) in [6, 6.07) is 11.1. The van der Waals surface area contributed by atoms with Crippen molar-refractivity contribution in [3.63, 3.8) is 0 Å². The molecule has 240 valence electrons. The molecule has 0 radical (unpaired) electrons. The van der Waals surface area contributed by atoms with Crippen LogP contribution in [0.5, 0.6) is 0 Å². The lowest BCUT2D eigenvalue weighted by atomic mass is 10.1. The van der Waals surface area contributed by atoms with Gasteiger partial charge < -0.3 is 43.2 Å². The third kappa shape index (κ3) is 16.9. The molecule has 0 heterocycles. The summed E-state index contributed by atoms with van der Waals surface area (Å²) in [6.07, 6.45) is -3.10. The maximum absolute atomic E-state index is 13.0. The van der Waals surface area contributed by atoms with E-state index >= 15 is 0 Å². The van der Waals surface area contributed by atoms with Crippen molar-refractivity contribution in [2.75, 3.05) is 97.8 Å². The Balaban J connectivity index is 1.44. The molecule has 1 N–H and O–H groups in total. The highest BCUT2D eigenvalue weighted by atomic mass is 19.4. The molecule has 0 bridgehead atoms. The van der Waals surface area contributed by atoms with Gasteiger partial charge >= 0.3 is 12.1 Å². The van der Waals surface area contributed by atoms with Crippen molar-refractivity contribution < 1.29 is 55.9 Å². The third-order valence-electron chi connectivity index (χ3n) is 5.40. The van der Waals surface area contributed by atoms with Gasteiger partial charge in [0, 0.05) is 5.69 Å². The molecule has 2 rings (SSSR count). The summed E-state index contributed by atoms with van der Waals surface area (Å²) in [4.78, 5) is 12.5. The second-order valence-corrected chi connectivity index (χ2v) is 8.60. The SMILES string of the molecule is C=COCCOCCOCCOCCOCCOCCOCCOC(=O)c1ccccc1Nc1cccc(C(F)(F)F)c1. The smallest absolute Gasteiger partial charge is 0.416 e. The van der Waals surface area contributed by atoms with Crippen molar-refractivity contribution in [2.24, 2.45) is 0 Å². The Kier molecular flexibility index (Phi) is 18.7. The van der Waals surface area contributed by atoms with Gasteiger partial charge in [0.05, 0.1) is 102 Å². The fourth-order valence-corrected chi connectivity index (χ4v) is 3.36. The second kappa shape index (κ2) is 22.4. The molecule has 0 fully saturated rings. The zero-order valence-corrected chi connectivity index (χ0v) is 24.1. The average molecular weight is 616 g/mol. The predicted octanol–water partition coefficient (Wildman–Crippen LogP) is 4.87. The maximum atomic E-state index is 13.0. The highest BCUT2D eigenvalue weighted by molar-refractivity contribution is 5.96. The number of rotatable bonds is 25. The van der Waals surface area contributed by atoms with Crippen LogP contribution in [0.4, 0.5) is 24.5 Å². The summed E-state index contributed by atoms with van der Waals surface area (Å²) in [7, 11) is 0. The number of alkyl halides is 3. The lowest BCUT2D eigenvalue weighted by molar-refractivity contribution is -0.137. The molecule has 0 atom stereocenters. The van der Waals surface area contributed by atoms with Gasteiger partial charge in [0.25, 0.3) is 0 Å². The Morgan fingerprint density at radius 1 is 0.674 bits per heavy atom. The molecule has 0 spiro atoms.